The highest BCUT2D eigenvalue weighted by Crippen LogP contribution is 2.25. The highest BCUT2D eigenvalue weighted by molar-refractivity contribution is 5.94. The van der Waals surface area contributed by atoms with Crippen LogP contribution in [0.1, 0.15) is 33.6 Å². The third-order valence-corrected chi connectivity index (χ3v) is 2.53. The van der Waals surface area contributed by atoms with E-state index in [2.05, 4.69) is 0 Å². The van der Waals surface area contributed by atoms with Gasteiger partial charge in [0.25, 0.3) is 0 Å². The Morgan fingerprint density at radius 1 is 1.46 bits per heavy atom. The van der Waals surface area contributed by atoms with Crippen molar-refractivity contribution in [2.75, 3.05) is 7.05 Å². The molecule has 1 aliphatic heterocycles. The lowest BCUT2D eigenvalue weighted by atomic mass is 9.86. The number of amides is 1. The Morgan fingerprint density at radius 3 is 2.31 bits per heavy atom. The molecule has 0 unspecified atom stereocenters. The third kappa shape index (κ3) is 1.90. The number of nitrogens with zero attached hydrogens (tertiary/aromatic N) is 1. The maximum Gasteiger partial charge on any atom is 0.223 e. The summed E-state index contributed by atoms with van der Waals surface area (Å²) in [5, 5.41) is 0. The highest BCUT2D eigenvalue weighted by Gasteiger charge is 2.38. The van der Waals surface area contributed by atoms with E-state index in [1.54, 1.807) is 11.9 Å². The fraction of sp³-hybridized carbons (Fsp3) is 0.800. The van der Waals surface area contributed by atoms with Gasteiger partial charge in [-0.2, -0.15) is 0 Å². The predicted octanol–water partition coefficient (Wildman–Crippen LogP) is 1.22. The standard InChI is InChI=1S/C10H17NO2/c1-10(2,3)9(13)7-5-6-8(12)11(7)4/h7H,5-6H2,1-4H3/t7-/m0/s1. The SMILES string of the molecule is CN1C(=O)CC[C@H]1C(=O)C(C)(C)C. The first-order chi connectivity index (χ1) is 5.84. The van der Waals surface area contributed by atoms with Gasteiger partial charge in [0.2, 0.25) is 5.91 Å². The van der Waals surface area contributed by atoms with E-state index in [4.69, 9.17) is 0 Å². The van der Waals surface area contributed by atoms with E-state index in [9.17, 15) is 9.59 Å². The van der Waals surface area contributed by atoms with E-state index in [1.807, 2.05) is 20.8 Å². The molecule has 0 aromatic carbocycles. The second-order valence-corrected chi connectivity index (χ2v) is 4.67. The summed E-state index contributed by atoms with van der Waals surface area (Å²) in [6, 6.07) is -0.188. The molecule has 0 aromatic rings. The molecule has 0 aliphatic carbocycles. The minimum Gasteiger partial charge on any atom is -0.336 e. The molecule has 1 aliphatic rings. The molecule has 0 aromatic heterocycles. The zero-order valence-electron chi connectivity index (χ0n) is 8.76. The van der Waals surface area contributed by atoms with Crippen molar-refractivity contribution in [3.05, 3.63) is 0 Å². The predicted molar refractivity (Wildman–Crippen MR) is 50.3 cm³/mol. The van der Waals surface area contributed by atoms with Crippen LogP contribution in [-0.2, 0) is 9.59 Å². The molecule has 3 nitrogen and oxygen atoms in total. The molecule has 0 bridgehead atoms. The molecule has 13 heavy (non-hydrogen) atoms. The minimum absolute atomic E-state index is 0.0857. The molecule has 0 radical (unpaired) electrons. The van der Waals surface area contributed by atoms with E-state index in [-0.39, 0.29) is 23.1 Å². The number of likely N-dealkylation sites (N-methyl/N-ethyl adjacent to an activating group) is 1. The minimum atomic E-state index is -0.344. The summed E-state index contributed by atoms with van der Waals surface area (Å²) in [4.78, 5) is 24.6. The Morgan fingerprint density at radius 2 is 2.00 bits per heavy atom. The van der Waals surface area contributed by atoms with Gasteiger partial charge in [0.05, 0.1) is 6.04 Å². The monoisotopic (exact) mass is 183 g/mol. The lowest BCUT2D eigenvalue weighted by Crippen LogP contribution is -2.41. The quantitative estimate of drug-likeness (QED) is 0.613. The molecule has 0 saturated carbocycles. The molecular formula is C10H17NO2. The number of ketones is 1. The van der Waals surface area contributed by atoms with Crippen molar-refractivity contribution in [1.82, 2.24) is 4.90 Å². The maximum absolute atomic E-state index is 11.8. The van der Waals surface area contributed by atoms with Crippen molar-refractivity contribution >= 4 is 11.7 Å². The molecule has 3 heteroatoms. The van der Waals surface area contributed by atoms with Crippen molar-refractivity contribution in [1.29, 1.82) is 0 Å². The molecule has 0 N–H and O–H groups in total. The number of likely N-dealkylation sites (tertiary alicyclic amines) is 1. The van der Waals surface area contributed by atoms with Gasteiger partial charge in [-0.1, -0.05) is 20.8 Å². The van der Waals surface area contributed by atoms with Crippen molar-refractivity contribution in [3.63, 3.8) is 0 Å². The molecule has 1 atom stereocenters. The van der Waals surface area contributed by atoms with Gasteiger partial charge in [-0.3, -0.25) is 9.59 Å². The van der Waals surface area contributed by atoms with Gasteiger partial charge in [0, 0.05) is 18.9 Å². The van der Waals surface area contributed by atoms with Crippen LogP contribution in [-0.4, -0.2) is 29.7 Å². The zero-order valence-corrected chi connectivity index (χ0v) is 8.76. The average molecular weight is 183 g/mol. The van der Waals surface area contributed by atoms with Gasteiger partial charge in [-0.15, -0.1) is 0 Å². The molecule has 1 rings (SSSR count). The van der Waals surface area contributed by atoms with Crippen LogP contribution < -0.4 is 0 Å². The van der Waals surface area contributed by atoms with Gasteiger partial charge in [0.15, 0.2) is 5.78 Å². The lowest BCUT2D eigenvalue weighted by Gasteiger charge is -2.26. The van der Waals surface area contributed by atoms with Crippen molar-refractivity contribution < 1.29 is 9.59 Å². The average Bonchev–Trinajstić information content (AvgIpc) is 2.30. The van der Waals surface area contributed by atoms with Gasteiger partial charge in [-0.05, 0) is 6.42 Å². The Labute approximate surface area is 79.1 Å². The topological polar surface area (TPSA) is 37.4 Å². The summed E-state index contributed by atoms with van der Waals surface area (Å²) in [5.74, 6) is 0.253. The molecule has 1 amide bonds. The molecule has 1 saturated heterocycles. The summed E-state index contributed by atoms with van der Waals surface area (Å²) in [6.45, 7) is 5.68. The fourth-order valence-corrected chi connectivity index (χ4v) is 1.61. The number of hydrogen-bond donors (Lipinski definition) is 0. The summed E-state index contributed by atoms with van der Waals surface area (Å²) in [5.41, 5.74) is -0.344. The van der Waals surface area contributed by atoms with Crippen LogP contribution in [0.5, 0.6) is 0 Å². The first-order valence-electron chi connectivity index (χ1n) is 4.64. The van der Waals surface area contributed by atoms with E-state index >= 15 is 0 Å². The van der Waals surface area contributed by atoms with Crippen LogP contribution >= 0.6 is 0 Å². The summed E-state index contributed by atoms with van der Waals surface area (Å²) in [6.07, 6.45) is 1.20. The van der Waals surface area contributed by atoms with Crippen molar-refractivity contribution in [2.45, 2.75) is 39.7 Å². The Kier molecular flexibility index (Phi) is 2.46. The van der Waals surface area contributed by atoms with E-state index in [1.165, 1.54) is 0 Å². The zero-order chi connectivity index (χ0) is 10.2. The second-order valence-electron chi connectivity index (χ2n) is 4.67. The van der Waals surface area contributed by atoms with Crippen LogP contribution in [0.25, 0.3) is 0 Å². The van der Waals surface area contributed by atoms with Crippen LogP contribution in [0.3, 0.4) is 0 Å². The van der Waals surface area contributed by atoms with E-state index < -0.39 is 0 Å². The molecule has 74 valence electrons. The highest BCUT2D eigenvalue weighted by atomic mass is 16.2. The first-order valence-corrected chi connectivity index (χ1v) is 4.64. The number of carbonyl (C=O) groups is 2. The van der Waals surface area contributed by atoms with Gasteiger partial charge < -0.3 is 4.90 Å². The van der Waals surface area contributed by atoms with Crippen molar-refractivity contribution in [2.24, 2.45) is 5.41 Å². The summed E-state index contributed by atoms with van der Waals surface area (Å²) >= 11 is 0. The fourth-order valence-electron chi connectivity index (χ4n) is 1.61. The number of hydrogen-bond acceptors (Lipinski definition) is 2. The Balaban J connectivity index is 2.75. The number of carbonyl (C=O) groups excluding carboxylic acids is 2. The number of Topliss-reactive ketones (excluding diaryl/α,β-unsaturated/α-hetero) is 1. The van der Waals surface area contributed by atoms with E-state index in [0.717, 1.165) is 0 Å². The first kappa shape index (κ1) is 10.2. The molecule has 1 fully saturated rings. The summed E-state index contributed by atoms with van der Waals surface area (Å²) in [7, 11) is 1.71. The Hall–Kier alpha value is -0.860. The van der Waals surface area contributed by atoms with Gasteiger partial charge >= 0.3 is 0 Å². The maximum atomic E-state index is 11.8. The lowest BCUT2D eigenvalue weighted by molar-refractivity contribution is -0.136. The molecule has 1 heterocycles. The van der Waals surface area contributed by atoms with Gasteiger partial charge in [0.1, 0.15) is 0 Å². The second kappa shape index (κ2) is 3.13. The molecular weight excluding hydrogens is 166 g/mol. The van der Waals surface area contributed by atoms with Crippen molar-refractivity contribution in [3.8, 4) is 0 Å². The Bertz CT molecular complexity index is 240. The molecule has 0 spiro atoms. The van der Waals surface area contributed by atoms with Crippen LogP contribution in [0.2, 0.25) is 0 Å². The largest absolute Gasteiger partial charge is 0.336 e. The third-order valence-electron chi connectivity index (χ3n) is 2.53. The van der Waals surface area contributed by atoms with E-state index in [0.29, 0.717) is 12.8 Å². The van der Waals surface area contributed by atoms with Gasteiger partial charge in [-0.25, -0.2) is 0 Å². The van der Waals surface area contributed by atoms with Crippen LogP contribution in [0.4, 0.5) is 0 Å². The number of rotatable bonds is 1. The van der Waals surface area contributed by atoms with Crippen LogP contribution in [0.15, 0.2) is 0 Å². The normalized spacial score (nSPS) is 23.8. The summed E-state index contributed by atoms with van der Waals surface area (Å²) < 4.78 is 0. The smallest absolute Gasteiger partial charge is 0.223 e. The van der Waals surface area contributed by atoms with Crippen LogP contribution in [0, 0.1) is 5.41 Å².